The second-order valence-corrected chi connectivity index (χ2v) is 6.74. The van der Waals surface area contributed by atoms with E-state index >= 15 is 0 Å². The molecule has 0 radical (unpaired) electrons. The van der Waals surface area contributed by atoms with Crippen molar-refractivity contribution in [2.24, 2.45) is 5.92 Å². The molecule has 2 amide bonds. The highest BCUT2D eigenvalue weighted by Crippen LogP contribution is 2.37. The van der Waals surface area contributed by atoms with Crippen molar-refractivity contribution in [1.82, 2.24) is 9.88 Å². The summed E-state index contributed by atoms with van der Waals surface area (Å²) < 4.78 is 5.50. The maximum Gasteiger partial charge on any atom is 0.322 e. The molecule has 4 rings (SSSR count). The maximum absolute atomic E-state index is 12.5. The second-order valence-electron chi connectivity index (χ2n) is 6.74. The predicted molar refractivity (Wildman–Crippen MR) is 88.3 cm³/mol. The number of nitrogens with zero attached hydrogens (tertiary/aromatic N) is 2. The lowest BCUT2D eigenvalue weighted by molar-refractivity contribution is 0.194. The second kappa shape index (κ2) is 5.41. The Balaban J connectivity index is 1.54. The van der Waals surface area contributed by atoms with Crippen LogP contribution in [0.5, 0.6) is 0 Å². The summed E-state index contributed by atoms with van der Waals surface area (Å²) in [6.07, 6.45) is 5.22. The van der Waals surface area contributed by atoms with Crippen LogP contribution in [0.1, 0.15) is 30.5 Å². The van der Waals surface area contributed by atoms with Crippen molar-refractivity contribution in [3.63, 3.8) is 0 Å². The minimum absolute atomic E-state index is 0.00980. The number of benzene rings is 1. The Morgan fingerprint density at radius 2 is 2.22 bits per heavy atom. The lowest BCUT2D eigenvalue weighted by Gasteiger charge is -2.27. The fraction of sp³-hybridized carbons (Fsp3) is 0.444. The van der Waals surface area contributed by atoms with Crippen molar-refractivity contribution in [2.75, 3.05) is 11.9 Å². The number of aryl methyl sites for hydroxylation is 2. The highest BCUT2D eigenvalue weighted by molar-refractivity contribution is 5.90. The van der Waals surface area contributed by atoms with Crippen molar-refractivity contribution >= 4 is 11.7 Å². The van der Waals surface area contributed by atoms with Gasteiger partial charge in [0.25, 0.3) is 0 Å². The summed E-state index contributed by atoms with van der Waals surface area (Å²) in [5, 5.41) is 3.03. The zero-order chi connectivity index (χ0) is 16.0. The molecule has 2 atom stereocenters. The summed E-state index contributed by atoms with van der Waals surface area (Å²) in [4.78, 5) is 18.9. The third-order valence-corrected chi connectivity index (χ3v) is 5.01. The molecule has 1 aliphatic heterocycles. The summed E-state index contributed by atoms with van der Waals surface area (Å²) in [7, 11) is 0. The molecule has 2 aliphatic rings. The highest BCUT2D eigenvalue weighted by Gasteiger charge is 2.40. The molecular weight excluding hydrogens is 290 g/mol. The molecule has 1 saturated heterocycles. The summed E-state index contributed by atoms with van der Waals surface area (Å²) in [5.74, 6) is 1.30. The minimum Gasteiger partial charge on any atom is -0.444 e. The van der Waals surface area contributed by atoms with Gasteiger partial charge in [-0.2, -0.15) is 0 Å². The normalized spacial score (nSPS) is 22.6. The lowest BCUT2D eigenvalue weighted by atomic mass is 10.1. The Hall–Kier alpha value is -2.30. The van der Waals surface area contributed by atoms with Crippen LogP contribution in [0.2, 0.25) is 0 Å². The van der Waals surface area contributed by atoms with Gasteiger partial charge in [-0.05, 0) is 56.7 Å². The molecular formula is C18H21N3O2. The molecule has 0 spiro atoms. The van der Waals surface area contributed by atoms with E-state index in [-0.39, 0.29) is 6.03 Å². The Morgan fingerprint density at radius 3 is 2.87 bits per heavy atom. The average Bonchev–Trinajstić information content (AvgIpc) is 3.25. The van der Waals surface area contributed by atoms with Gasteiger partial charge in [-0.3, -0.25) is 0 Å². The maximum atomic E-state index is 12.5. The first-order chi connectivity index (χ1) is 11.1. The Morgan fingerprint density at radius 1 is 1.35 bits per heavy atom. The van der Waals surface area contributed by atoms with Crippen LogP contribution in [-0.2, 0) is 0 Å². The van der Waals surface area contributed by atoms with Gasteiger partial charge in [0.1, 0.15) is 6.26 Å². The predicted octanol–water partition coefficient (Wildman–Crippen LogP) is 3.97. The van der Waals surface area contributed by atoms with E-state index in [2.05, 4.69) is 10.3 Å². The number of fused-ring (bicyclic) bond motifs is 2. The summed E-state index contributed by atoms with van der Waals surface area (Å²) in [5.41, 5.74) is 3.63. The largest absolute Gasteiger partial charge is 0.444 e. The van der Waals surface area contributed by atoms with Crippen molar-refractivity contribution in [2.45, 2.75) is 39.2 Å². The molecule has 1 aromatic heterocycles. The third-order valence-electron chi connectivity index (χ3n) is 5.01. The van der Waals surface area contributed by atoms with Gasteiger partial charge in [-0.25, -0.2) is 9.78 Å². The Kier molecular flexibility index (Phi) is 3.36. The van der Waals surface area contributed by atoms with Gasteiger partial charge in [-0.15, -0.1) is 0 Å². The zero-order valence-electron chi connectivity index (χ0n) is 13.5. The molecule has 2 fully saturated rings. The zero-order valence-corrected chi connectivity index (χ0v) is 13.5. The molecule has 5 heteroatoms. The van der Waals surface area contributed by atoms with Crippen molar-refractivity contribution in [3.8, 4) is 11.5 Å². The number of oxazole rings is 1. The standard InChI is InChI=1S/C18H21N3O2/c1-11-3-5-14(8-16(11)17-19-12(2)10-23-17)20-18(22)21-9-13-4-6-15(21)7-13/h3,5,8,10,13,15H,4,6-7,9H2,1-2H3,(H,20,22)/t13-,15+/m0/s1. The van der Waals surface area contributed by atoms with Gasteiger partial charge in [-0.1, -0.05) is 6.07 Å². The van der Waals surface area contributed by atoms with Crippen LogP contribution in [0.25, 0.3) is 11.5 Å². The fourth-order valence-electron chi connectivity index (χ4n) is 3.78. The lowest BCUT2D eigenvalue weighted by Crippen LogP contribution is -2.40. The van der Waals surface area contributed by atoms with Gasteiger partial charge in [0, 0.05) is 23.8 Å². The number of aromatic nitrogens is 1. The smallest absolute Gasteiger partial charge is 0.322 e. The molecule has 1 aliphatic carbocycles. The van der Waals surface area contributed by atoms with Crippen LogP contribution < -0.4 is 5.32 Å². The van der Waals surface area contributed by atoms with E-state index in [1.165, 1.54) is 12.8 Å². The molecule has 2 heterocycles. The number of likely N-dealkylation sites (tertiary alicyclic amines) is 1. The number of urea groups is 1. The number of piperidine rings is 1. The van der Waals surface area contributed by atoms with E-state index < -0.39 is 0 Å². The number of hydrogen-bond donors (Lipinski definition) is 1. The first-order valence-electron chi connectivity index (χ1n) is 8.21. The summed E-state index contributed by atoms with van der Waals surface area (Å²) in [6.45, 7) is 4.81. The van der Waals surface area contributed by atoms with E-state index in [0.717, 1.165) is 35.5 Å². The number of anilines is 1. The van der Waals surface area contributed by atoms with Gasteiger partial charge >= 0.3 is 6.03 Å². The molecule has 5 nitrogen and oxygen atoms in total. The molecule has 1 N–H and O–H groups in total. The van der Waals surface area contributed by atoms with Crippen LogP contribution in [0, 0.1) is 19.8 Å². The number of hydrogen-bond acceptors (Lipinski definition) is 3. The van der Waals surface area contributed by atoms with Crippen LogP contribution in [0.15, 0.2) is 28.9 Å². The quantitative estimate of drug-likeness (QED) is 0.912. The number of nitrogens with one attached hydrogen (secondary N) is 1. The van der Waals surface area contributed by atoms with E-state index in [1.54, 1.807) is 6.26 Å². The molecule has 2 bridgehead atoms. The highest BCUT2D eigenvalue weighted by atomic mass is 16.3. The first-order valence-corrected chi connectivity index (χ1v) is 8.21. The Labute approximate surface area is 135 Å². The van der Waals surface area contributed by atoms with Crippen LogP contribution >= 0.6 is 0 Å². The van der Waals surface area contributed by atoms with E-state index in [4.69, 9.17) is 4.42 Å². The van der Waals surface area contributed by atoms with Gasteiger partial charge in [0.05, 0.1) is 5.69 Å². The topological polar surface area (TPSA) is 58.4 Å². The molecule has 1 aromatic carbocycles. The van der Waals surface area contributed by atoms with Crippen LogP contribution in [0.4, 0.5) is 10.5 Å². The number of carbonyl (C=O) groups excluding carboxylic acids is 1. The first kappa shape index (κ1) is 14.3. The van der Waals surface area contributed by atoms with E-state index in [9.17, 15) is 4.79 Å². The number of carbonyl (C=O) groups is 1. The third kappa shape index (κ3) is 2.60. The van der Waals surface area contributed by atoms with Gasteiger partial charge < -0.3 is 14.6 Å². The molecule has 120 valence electrons. The summed E-state index contributed by atoms with van der Waals surface area (Å²) in [6, 6.07) is 6.30. The monoisotopic (exact) mass is 311 g/mol. The minimum atomic E-state index is 0.00980. The number of amides is 2. The number of rotatable bonds is 2. The van der Waals surface area contributed by atoms with E-state index in [0.29, 0.717) is 17.9 Å². The van der Waals surface area contributed by atoms with Crippen LogP contribution in [-0.4, -0.2) is 28.5 Å². The summed E-state index contributed by atoms with van der Waals surface area (Å²) >= 11 is 0. The fourth-order valence-corrected chi connectivity index (χ4v) is 3.78. The van der Waals surface area contributed by atoms with Gasteiger partial charge in [0.15, 0.2) is 0 Å². The van der Waals surface area contributed by atoms with Crippen molar-refractivity contribution in [1.29, 1.82) is 0 Å². The van der Waals surface area contributed by atoms with Crippen LogP contribution in [0.3, 0.4) is 0 Å². The average molecular weight is 311 g/mol. The SMILES string of the molecule is Cc1coc(-c2cc(NC(=O)N3C[C@H]4CC[C@@H]3C4)ccc2C)n1. The molecule has 0 unspecified atom stereocenters. The molecule has 2 aromatic rings. The Bertz CT molecular complexity index is 752. The van der Waals surface area contributed by atoms with Crippen molar-refractivity contribution < 1.29 is 9.21 Å². The van der Waals surface area contributed by atoms with E-state index in [1.807, 2.05) is 36.9 Å². The van der Waals surface area contributed by atoms with Gasteiger partial charge in [0.2, 0.25) is 5.89 Å². The molecule has 1 saturated carbocycles. The molecule has 23 heavy (non-hydrogen) atoms. The van der Waals surface area contributed by atoms with Crippen molar-refractivity contribution in [3.05, 3.63) is 35.7 Å².